The molecule has 0 atom stereocenters. The van der Waals surface area contributed by atoms with Crippen molar-refractivity contribution in [3.8, 4) is 0 Å². The van der Waals surface area contributed by atoms with E-state index in [-0.39, 0.29) is 0 Å². The summed E-state index contributed by atoms with van der Waals surface area (Å²) < 4.78 is 5.64. The zero-order valence-electron chi connectivity index (χ0n) is 10.7. The third kappa shape index (κ3) is 2.40. The average Bonchev–Trinajstić information content (AvgIpc) is 2.73. The summed E-state index contributed by atoms with van der Waals surface area (Å²) in [7, 11) is 0. The molecule has 0 unspecified atom stereocenters. The second-order valence-electron chi connectivity index (χ2n) is 3.66. The number of fused-ring (bicyclic) bond motifs is 1. The number of pyridine rings is 1. The lowest BCUT2D eigenvalue weighted by Crippen LogP contribution is -1.91. The van der Waals surface area contributed by atoms with Crippen LogP contribution in [-0.2, 0) is 6.42 Å². The maximum Gasteiger partial charge on any atom is 0.195 e. The van der Waals surface area contributed by atoms with Crippen LogP contribution < -0.4 is 0 Å². The minimum absolute atomic E-state index is 0.372. The molecule has 2 rings (SSSR count). The fraction of sp³-hybridized carbons (Fsp3) is 0.538. The van der Waals surface area contributed by atoms with Crippen LogP contribution in [0.1, 0.15) is 52.1 Å². The highest BCUT2D eigenvalue weighted by atomic mass is 16.3. The van der Waals surface area contributed by atoms with Crippen LogP contribution in [0.25, 0.3) is 11.1 Å². The zero-order valence-corrected chi connectivity index (χ0v) is 10.7. The van der Waals surface area contributed by atoms with E-state index in [1.165, 1.54) is 0 Å². The van der Waals surface area contributed by atoms with Gasteiger partial charge in [0, 0.05) is 12.6 Å². The number of nitrogens with zero attached hydrogens (tertiary/aromatic N) is 2. The quantitative estimate of drug-likeness (QED) is 0.769. The molecule has 2 aromatic rings. The Labute approximate surface area is 96.9 Å². The van der Waals surface area contributed by atoms with Crippen molar-refractivity contribution in [2.45, 2.75) is 47.0 Å². The average molecular weight is 220 g/mol. The fourth-order valence-electron chi connectivity index (χ4n) is 1.48. The van der Waals surface area contributed by atoms with E-state index in [2.05, 4.69) is 23.8 Å². The molecular weight excluding hydrogens is 200 g/mol. The van der Waals surface area contributed by atoms with Crippen molar-refractivity contribution in [2.24, 2.45) is 0 Å². The molecule has 0 aliphatic rings. The van der Waals surface area contributed by atoms with Crippen molar-refractivity contribution in [1.29, 1.82) is 0 Å². The van der Waals surface area contributed by atoms with Crippen LogP contribution in [0.4, 0.5) is 0 Å². The molecule has 0 bridgehead atoms. The number of aryl methyl sites for hydroxylation is 1. The molecule has 0 aromatic carbocycles. The van der Waals surface area contributed by atoms with Gasteiger partial charge in [-0.2, -0.15) is 0 Å². The van der Waals surface area contributed by atoms with E-state index in [1.54, 1.807) is 6.20 Å². The Kier molecular flexibility index (Phi) is 4.47. The lowest BCUT2D eigenvalue weighted by molar-refractivity contribution is 0.531. The van der Waals surface area contributed by atoms with Gasteiger partial charge in [0.25, 0.3) is 0 Å². The van der Waals surface area contributed by atoms with Gasteiger partial charge in [-0.05, 0) is 12.0 Å². The SMILES string of the molecule is CC.CCc1nc2ccnc(C(C)C)c2o1. The van der Waals surface area contributed by atoms with Gasteiger partial charge < -0.3 is 4.42 Å². The van der Waals surface area contributed by atoms with E-state index in [1.807, 2.05) is 26.8 Å². The minimum atomic E-state index is 0.372. The minimum Gasteiger partial charge on any atom is -0.439 e. The van der Waals surface area contributed by atoms with Gasteiger partial charge in [-0.1, -0.05) is 34.6 Å². The molecule has 88 valence electrons. The number of hydrogen-bond donors (Lipinski definition) is 0. The summed E-state index contributed by atoms with van der Waals surface area (Å²) in [6.07, 6.45) is 2.62. The van der Waals surface area contributed by atoms with E-state index < -0.39 is 0 Å². The van der Waals surface area contributed by atoms with Crippen LogP contribution in [0.3, 0.4) is 0 Å². The van der Waals surface area contributed by atoms with Crippen molar-refractivity contribution in [3.63, 3.8) is 0 Å². The highest BCUT2D eigenvalue weighted by Crippen LogP contribution is 2.23. The van der Waals surface area contributed by atoms with Crippen molar-refractivity contribution in [1.82, 2.24) is 9.97 Å². The van der Waals surface area contributed by atoms with E-state index in [4.69, 9.17) is 4.42 Å². The molecule has 3 heteroatoms. The molecule has 16 heavy (non-hydrogen) atoms. The largest absolute Gasteiger partial charge is 0.439 e. The molecule has 0 N–H and O–H groups in total. The normalized spacial score (nSPS) is 10.4. The summed E-state index contributed by atoms with van der Waals surface area (Å²) in [6, 6.07) is 1.89. The van der Waals surface area contributed by atoms with Gasteiger partial charge in [0.05, 0.1) is 5.69 Å². The summed E-state index contributed by atoms with van der Waals surface area (Å²) in [5.74, 6) is 1.16. The first kappa shape index (κ1) is 12.7. The first-order valence-corrected chi connectivity index (χ1v) is 5.96. The predicted octanol–water partition coefficient (Wildman–Crippen LogP) is 3.93. The molecule has 0 aliphatic heterocycles. The van der Waals surface area contributed by atoms with Crippen LogP contribution in [-0.4, -0.2) is 9.97 Å². The highest BCUT2D eigenvalue weighted by molar-refractivity contribution is 5.75. The molecule has 0 spiro atoms. The highest BCUT2D eigenvalue weighted by Gasteiger charge is 2.12. The molecule has 0 radical (unpaired) electrons. The van der Waals surface area contributed by atoms with Crippen LogP contribution in [0, 0.1) is 0 Å². The monoisotopic (exact) mass is 220 g/mol. The molecule has 3 nitrogen and oxygen atoms in total. The van der Waals surface area contributed by atoms with Gasteiger partial charge in [0.2, 0.25) is 0 Å². The van der Waals surface area contributed by atoms with Crippen LogP contribution in [0.2, 0.25) is 0 Å². The Morgan fingerprint density at radius 2 is 2.00 bits per heavy atom. The molecule has 0 saturated heterocycles. The zero-order chi connectivity index (χ0) is 12.1. The third-order valence-corrected chi connectivity index (χ3v) is 2.23. The van der Waals surface area contributed by atoms with E-state index in [0.717, 1.165) is 29.1 Å². The van der Waals surface area contributed by atoms with Gasteiger partial charge in [-0.3, -0.25) is 4.98 Å². The van der Waals surface area contributed by atoms with Crippen molar-refractivity contribution in [2.75, 3.05) is 0 Å². The Morgan fingerprint density at radius 3 is 2.56 bits per heavy atom. The fourth-order valence-corrected chi connectivity index (χ4v) is 1.48. The van der Waals surface area contributed by atoms with Gasteiger partial charge >= 0.3 is 0 Å². The molecule has 0 fully saturated rings. The Balaban J connectivity index is 0.000000606. The standard InChI is InChI=1S/C11H14N2O.C2H6/c1-4-9-13-8-5-6-12-10(7(2)3)11(8)14-9;1-2/h5-7H,4H2,1-3H3;1-2H3. The van der Waals surface area contributed by atoms with Gasteiger partial charge in [-0.25, -0.2) is 4.98 Å². The first-order valence-electron chi connectivity index (χ1n) is 5.96. The summed E-state index contributed by atoms with van der Waals surface area (Å²) in [5.41, 5.74) is 2.76. The molecule has 0 aliphatic carbocycles. The first-order chi connectivity index (χ1) is 7.72. The van der Waals surface area contributed by atoms with Crippen molar-refractivity contribution < 1.29 is 4.42 Å². The molecule has 0 amide bonds. The number of oxazole rings is 1. The van der Waals surface area contributed by atoms with Crippen molar-refractivity contribution in [3.05, 3.63) is 23.8 Å². The molecule has 2 aromatic heterocycles. The lowest BCUT2D eigenvalue weighted by Gasteiger charge is -2.02. The molecule has 2 heterocycles. The lowest BCUT2D eigenvalue weighted by atomic mass is 10.1. The summed E-state index contributed by atoms with van der Waals surface area (Å²) in [4.78, 5) is 8.69. The predicted molar refractivity (Wildman–Crippen MR) is 66.6 cm³/mol. The molecular formula is C13H20N2O. The number of aromatic nitrogens is 2. The summed E-state index contributed by atoms with van der Waals surface area (Å²) >= 11 is 0. The maximum atomic E-state index is 5.64. The Bertz CT molecular complexity index is 446. The maximum absolute atomic E-state index is 5.64. The number of hydrogen-bond acceptors (Lipinski definition) is 3. The van der Waals surface area contributed by atoms with Gasteiger partial charge in [0.15, 0.2) is 11.5 Å². The Hall–Kier alpha value is -1.38. The van der Waals surface area contributed by atoms with Gasteiger partial charge in [0.1, 0.15) is 5.52 Å². The third-order valence-electron chi connectivity index (χ3n) is 2.23. The Morgan fingerprint density at radius 1 is 1.31 bits per heavy atom. The van der Waals surface area contributed by atoms with E-state index in [0.29, 0.717) is 5.92 Å². The second kappa shape index (κ2) is 5.64. The smallest absolute Gasteiger partial charge is 0.195 e. The van der Waals surface area contributed by atoms with E-state index >= 15 is 0 Å². The van der Waals surface area contributed by atoms with Crippen LogP contribution >= 0.6 is 0 Å². The van der Waals surface area contributed by atoms with Crippen LogP contribution in [0.15, 0.2) is 16.7 Å². The summed E-state index contributed by atoms with van der Waals surface area (Å²) in [5, 5.41) is 0. The summed E-state index contributed by atoms with van der Waals surface area (Å²) in [6.45, 7) is 10.2. The molecule has 0 saturated carbocycles. The van der Waals surface area contributed by atoms with E-state index in [9.17, 15) is 0 Å². The van der Waals surface area contributed by atoms with Crippen LogP contribution in [0.5, 0.6) is 0 Å². The number of rotatable bonds is 2. The van der Waals surface area contributed by atoms with Gasteiger partial charge in [-0.15, -0.1) is 0 Å². The second-order valence-corrected chi connectivity index (χ2v) is 3.66. The van der Waals surface area contributed by atoms with Crippen molar-refractivity contribution >= 4 is 11.1 Å². The topological polar surface area (TPSA) is 38.9 Å².